The van der Waals surface area contributed by atoms with Crippen molar-refractivity contribution < 1.29 is 24.2 Å². The monoisotopic (exact) mass is 385 g/mol. The van der Waals surface area contributed by atoms with Gasteiger partial charge in [-0.2, -0.15) is 0 Å². The maximum Gasteiger partial charge on any atom is 0.313 e. The molecule has 2 aromatic rings. The summed E-state index contributed by atoms with van der Waals surface area (Å²) in [5.41, 5.74) is 0.720. The number of carboxylic acid groups (broad SMARTS) is 1. The van der Waals surface area contributed by atoms with Crippen LogP contribution in [0.25, 0.3) is 0 Å². The van der Waals surface area contributed by atoms with Gasteiger partial charge < -0.3 is 19.5 Å². The normalized spacial score (nSPS) is 23.1. The fourth-order valence-corrected chi connectivity index (χ4v) is 5.40. The van der Waals surface area contributed by atoms with E-state index in [-0.39, 0.29) is 5.91 Å². The van der Waals surface area contributed by atoms with E-state index in [4.69, 9.17) is 9.47 Å². The number of amides is 1. The number of carbonyl (C=O) groups is 2. The van der Waals surface area contributed by atoms with Gasteiger partial charge in [-0.05, 0) is 36.2 Å². The number of hydrogen-bond donors (Lipinski definition) is 1. The highest BCUT2D eigenvalue weighted by Crippen LogP contribution is 2.55. The summed E-state index contributed by atoms with van der Waals surface area (Å²) in [4.78, 5) is 28.1. The lowest BCUT2D eigenvalue weighted by Crippen LogP contribution is -2.58. The molecule has 0 fully saturated rings. The summed E-state index contributed by atoms with van der Waals surface area (Å²) in [5.74, 6) is -0.543. The SMILES string of the molecule is COc1cc2c(cc1OC)[C@]1(C)[C@@H](C(=O)O)c3ccccc3C(=O)N1CS2. The Hall–Kier alpha value is -2.67. The largest absolute Gasteiger partial charge is 0.493 e. The highest BCUT2D eigenvalue weighted by Gasteiger charge is 2.55. The van der Waals surface area contributed by atoms with E-state index in [1.165, 1.54) is 18.9 Å². The third-order valence-corrected chi connectivity index (χ3v) is 6.53. The minimum Gasteiger partial charge on any atom is -0.493 e. The minimum atomic E-state index is -1.03. The molecule has 2 aliphatic rings. The van der Waals surface area contributed by atoms with Crippen molar-refractivity contribution in [1.82, 2.24) is 4.90 Å². The van der Waals surface area contributed by atoms with Gasteiger partial charge in [0.1, 0.15) is 5.92 Å². The van der Waals surface area contributed by atoms with Crippen LogP contribution in [0.5, 0.6) is 11.5 Å². The van der Waals surface area contributed by atoms with E-state index in [2.05, 4.69) is 0 Å². The zero-order valence-electron chi connectivity index (χ0n) is 15.2. The number of hydrogen-bond acceptors (Lipinski definition) is 5. The summed E-state index contributed by atoms with van der Waals surface area (Å²) in [6.45, 7) is 1.82. The Morgan fingerprint density at radius 3 is 2.56 bits per heavy atom. The first kappa shape index (κ1) is 17.7. The molecule has 2 aliphatic heterocycles. The number of nitrogens with zero attached hydrogens (tertiary/aromatic N) is 1. The summed E-state index contributed by atoms with van der Waals surface area (Å²) in [5, 5.41) is 10.1. The fraction of sp³-hybridized carbons (Fsp3) is 0.300. The first-order valence-electron chi connectivity index (χ1n) is 8.46. The Labute approximate surface area is 161 Å². The van der Waals surface area contributed by atoms with Crippen LogP contribution in [0.4, 0.5) is 0 Å². The van der Waals surface area contributed by atoms with E-state index in [1.807, 2.05) is 13.0 Å². The molecule has 7 heteroatoms. The Kier molecular flexibility index (Phi) is 4.07. The molecule has 27 heavy (non-hydrogen) atoms. The van der Waals surface area contributed by atoms with Crippen LogP contribution in [-0.2, 0) is 10.3 Å². The standard InChI is InChI=1S/C20H19NO5S/c1-20-13-8-14(25-2)15(26-3)9-16(13)27-10-21(20)18(22)12-7-5-4-6-11(12)17(20)19(23)24/h4-9,17H,10H2,1-3H3,(H,23,24)/t17-,20-/m1/s1. The Balaban J connectivity index is 2.02. The quantitative estimate of drug-likeness (QED) is 0.874. The zero-order valence-corrected chi connectivity index (χ0v) is 16.0. The Bertz CT molecular complexity index is 959. The molecule has 0 aromatic heterocycles. The highest BCUT2D eigenvalue weighted by atomic mass is 32.2. The molecule has 1 N–H and O–H groups in total. The van der Waals surface area contributed by atoms with Gasteiger partial charge in [0.25, 0.3) is 5.91 Å². The van der Waals surface area contributed by atoms with E-state index < -0.39 is 17.4 Å². The Morgan fingerprint density at radius 1 is 1.22 bits per heavy atom. The molecule has 0 saturated heterocycles. The van der Waals surface area contributed by atoms with E-state index in [0.29, 0.717) is 28.5 Å². The number of rotatable bonds is 3. The Morgan fingerprint density at radius 2 is 1.89 bits per heavy atom. The van der Waals surface area contributed by atoms with Crippen molar-refractivity contribution >= 4 is 23.6 Å². The van der Waals surface area contributed by atoms with Gasteiger partial charge in [-0.15, -0.1) is 11.8 Å². The van der Waals surface area contributed by atoms with Crippen molar-refractivity contribution in [2.45, 2.75) is 23.3 Å². The minimum absolute atomic E-state index is 0.154. The molecule has 1 amide bonds. The lowest BCUT2D eigenvalue weighted by molar-refractivity contribution is -0.142. The van der Waals surface area contributed by atoms with Gasteiger partial charge in [0.05, 0.1) is 25.6 Å². The van der Waals surface area contributed by atoms with Gasteiger partial charge in [0.2, 0.25) is 0 Å². The van der Waals surface area contributed by atoms with Crippen LogP contribution in [-0.4, -0.2) is 42.0 Å². The number of ether oxygens (including phenoxy) is 2. The van der Waals surface area contributed by atoms with Crippen molar-refractivity contribution in [3.05, 3.63) is 53.1 Å². The third-order valence-electron chi connectivity index (χ3n) is 5.50. The van der Waals surface area contributed by atoms with Gasteiger partial charge in [0, 0.05) is 10.5 Å². The van der Waals surface area contributed by atoms with E-state index in [0.717, 1.165) is 10.5 Å². The van der Waals surface area contributed by atoms with Gasteiger partial charge in [-0.25, -0.2) is 0 Å². The van der Waals surface area contributed by atoms with Gasteiger partial charge in [0.15, 0.2) is 11.5 Å². The molecular weight excluding hydrogens is 366 g/mol. The molecule has 140 valence electrons. The van der Waals surface area contributed by atoms with Gasteiger partial charge >= 0.3 is 5.97 Å². The number of thioether (sulfide) groups is 1. The predicted octanol–water partition coefficient (Wildman–Crippen LogP) is 3.31. The first-order chi connectivity index (χ1) is 12.9. The van der Waals surface area contributed by atoms with E-state index in [9.17, 15) is 14.7 Å². The zero-order chi connectivity index (χ0) is 19.3. The smallest absolute Gasteiger partial charge is 0.313 e. The van der Waals surface area contributed by atoms with E-state index in [1.54, 1.807) is 42.3 Å². The van der Waals surface area contributed by atoms with Crippen molar-refractivity contribution in [2.75, 3.05) is 20.1 Å². The summed E-state index contributed by atoms with van der Waals surface area (Å²) >= 11 is 1.49. The predicted molar refractivity (Wildman–Crippen MR) is 101 cm³/mol. The molecule has 0 aliphatic carbocycles. The fourth-order valence-electron chi connectivity index (χ4n) is 4.13. The van der Waals surface area contributed by atoms with Crippen molar-refractivity contribution in [1.29, 1.82) is 0 Å². The molecule has 0 saturated carbocycles. The second-order valence-corrected chi connectivity index (χ2v) is 7.70. The maximum atomic E-state index is 13.2. The number of methoxy groups -OCH3 is 2. The van der Waals surface area contributed by atoms with Gasteiger partial charge in [-0.1, -0.05) is 18.2 Å². The first-order valence-corrected chi connectivity index (χ1v) is 9.45. The number of benzene rings is 2. The molecule has 2 aromatic carbocycles. The molecule has 2 heterocycles. The van der Waals surface area contributed by atoms with Crippen molar-refractivity contribution in [3.8, 4) is 11.5 Å². The van der Waals surface area contributed by atoms with Gasteiger partial charge in [-0.3, -0.25) is 9.59 Å². The van der Waals surface area contributed by atoms with Crippen LogP contribution in [0.1, 0.15) is 34.3 Å². The number of carboxylic acids is 1. The third kappa shape index (κ3) is 2.34. The van der Waals surface area contributed by atoms with Crippen LogP contribution in [0, 0.1) is 0 Å². The molecule has 6 nitrogen and oxygen atoms in total. The lowest BCUT2D eigenvalue weighted by atomic mass is 9.70. The number of aliphatic carboxylic acids is 1. The maximum absolute atomic E-state index is 13.2. The molecule has 0 bridgehead atoms. The topological polar surface area (TPSA) is 76.1 Å². The molecule has 2 atom stereocenters. The van der Waals surface area contributed by atoms with Crippen LogP contribution in [0.2, 0.25) is 0 Å². The van der Waals surface area contributed by atoms with Crippen LogP contribution >= 0.6 is 11.8 Å². The van der Waals surface area contributed by atoms with Crippen molar-refractivity contribution in [3.63, 3.8) is 0 Å². The number of fused-ring (bicyclic) bond motifs is 4. The highest BCUT2D eigenvalue weighted by molar-refractivity contribution is 7.99. The molecule has 0 radical (unpaired) electrons. The second-order valence-electron chi connectivity index (χ2n) is 6.72. The van der Waals surface area contributed by atoms with Crippen LogP contribution < -0.4 is 9.47 Å². The van der Waals surface area contributed by atoms with E-state index >= 15 is 0 Å². The van der Waals surface area contributed by atoms with Crippen LogP contribution in [0.15, 0.2) is 41.3 Å². The average molecular weight is 385 g/mol. The second kappa shape index (κ2) is 6.20. The molecule has 0 spiro atoms. The molecular formula is C20H19NO5S. The average Bonchev–Trinajstić information content (AvgIpc) is 2.66. The summed E-state index contributed by atoms with van der Waals surface area (Å²) in [6, 6.07) is 10.6. The van der Waals surface area contributed by atoms with Crippen LogP contribution in [0.3, 0.4) is 0 Å². The van der Waals surface area contributed by atoms with Crippen molar-refractivity contribution in [2.24, 2.45) is 0 Å². The lowest BCUT2D eigenvalue weighted by Gasteiger charge is -2.52. The number of carbonyl (C=O) groups excluding carboxylic acids is 1. The summed E-state index contributed by atoms with van der Waals surface area (Å²) in [6.07, 6.45) is 0. The molecule has 0 unspecified atom stereocenters. The summed E-state index contributed by atoms with van der Waals surface area (Å²) < 4.78 is 10.8. The molecule has 4 rings (SSSR count). The summed E-state index contributed by atoms with van der Waals surface area (Å²) in [7, 11) is 3.10.